The highest BCUT2D eigenvalue weighted by atomic mass is 16.5. The number of hydrogen-bond acceptors (Lipinski definition) is 5. The molecule has 0 saturated heterocycles. The van der Waals surface area contributed by atoms with E-state index in [-0.39, 0.29) is 6.42 Å². The molecule has 0 bridgehead atoms. The van der Waals surface area contributed by atoms with Crippen LogP contribution in [0.25, 0.3) is 0 Å². The molecule has 0 fully saturated rings. The van der Waals surface area contributed by atoms with Gasteiger partial charge in [-0.05, 0) is 23.8 Å². The molecule has 6 nitrogen and oxygen atoms in total. The van der Waals surface area contributed by atoms with Gasteiger partial charge >= 0.3 is 11.9 Å². The fraction of sp³-hybridized carbons (Fsp3) is 0.263. The van der Waals surface area contributed by atoms with Gasteiger partial charge in [-0.1, -0.05) is 24.3 Å². The van der Waals surface area contributed by atoms with Crippen molar-refractivity contribution in [1.29, 1.82) is 0 Å². The standard InChI is InChI=1S/C19H21NO5/c1-24-16-8-5-7-15(12-16)20(11-10-18(21)22)13-14-6-3-4-9-17(14)19(23)25-2/h3-9,12H,10-11,13H2,1-2H3,(H,21,22). The number of nitrogens with zero attached hydrogens (tertiary/aromatic N) is 1. The van der Waals surface area contributed by atoms with E-state index in [1.54, 1.807) is 19.2 Å². The SMILES string of the molecule is COC(=O)c1ccccc1CN(CCC(=O)O)c1cccc(OC)c1. The number of carboxylic acid groups (broad SMARTS) is 1. The van der Waals surface area contributed by atoms with Gasteiger partial charge in [0.15, 0.2) is 0 Å². The van der Waals surface area contributed by atoms with E-state index in [1.165, 1.54) is 7.11 Å². The van der Waals surface area contributed by atoms with Gasteiger partial charge in [-0.2, -0.15) is 0 Å². The highest BCUT2D eigenvalue weighted by Crippen LogP contribution is 2.24. The van der Waals surface area contributed by atoms with Crippen molar-refractivity contribution < 1.29 is 24.2 Å². The molecule has 132 valence electrons. The van der Waals surface area contributed by atoms with E-state index in [1.807, 2.05) is 41.3 Å². The summed E-state index contributed by atoms with van der Waals surface area (Å²) < 4.78 is 10.1. The first-order valence-electron chi connectivity index (χ1n) is 7.82. The van der Waals surface area contributed by atoms with Crippen LogP contribution in [0.5, 0.6) is 5.75 Å². The van der Waals surface area contributed by atoms with Gasteiger partial charge in [0, 0.05) is 24.8 Å². The molecule has 0 aliphatic carbocycles. The molecule has 2 aromatic rings. The number of benzene rings is 2. The molecule has 0 amide bonds. The fourth-order valence-electron chi connectivity index (χ4n) is 2.51. The quantitative estimate of drug-likeness (QED) is 0.743. The molecule has 25 heavy (non-hydrogen) atoms. The lowest BCUT2D eigenvalue weighted by Gasteiger charge is -2.25. The molecule has 0 radical (unpaired) electrons. The Labute approximate surface area is 146 Å². The lowest BCUT2D eigenvalue weighted by atomic mass is 10.1. The van der Waals surface area contributed by atoms with Gasteiger partial charge in [0.1, 0.15) is 5.75 Å². The van der Waals surface area contributed by atoms with E-state index in [2.05, 4.69) is 0 Å². The van der Waals surface area contributed by atoms with Crippen molar-refractivity contribution in [1.82, 2.24) is 0 Å². The van der Waals surface area contributed by atoms with E-state index in [0.29, 0.717) is 24.4 Å². The minimum absolute atomic E-state index is 0.0163. The third-order valence-corrected chi connectivity index (χ3v) is 3.80. The van der Waals surface area contributed by atoms with Gasteiger partial charge in [-0.15, -0.1) is 0 Å². The van der Waals surface area contributed by atoms with E-state index >= 15 is 0 Å². The first kappa shape index (κ1) is 18.3. The zero-order chi connectivity index (χ0) is 18.2. The third-order valence-electron chi connectivity index (χ3n) is 3.80. The van der Waals surface area contributed by atoms with Crippen LogP contribution in [0.2, 0.25) is 0 Å². The topological polar surface area (TPSA) is 76.1 Å². The van der Waals surface area contributed by atoms with E-state index in [9.17, 15) is 9.59 Å². The molecule has 2 aromatic carbocycles. The van der Waals surface area contributed by atoms with Crippen molar-refractivity contribution in [2.45, 2.75) is 13.0 Å². The Kier molecular flexibility index (Phi) is 6.39. The van der Waals surface area contributed by atoms with Gasteiger partial charge in [0.05, 0.1) is 26.2 Å². The summed E-state index contributed by atoms with van der Waals surface area (Å²) in [6.07, 6.45) is -0.0163. The van der Waals surface area contributed by atoms with Crippen molar-refractivity contribution in [2.75, 3.05) is 25.7 Å². The first-order valence-corrected chi connectivity index (χ1v) is 7.82. The fourth-order valence-corrected chi connectivity index (χ4v) is 2.51. The monoisotopic (exact) mass is 343 g/mol. The Balaban J connectivity index is 2.33. The highest BCUT2D eigenvalue weighted by Gasteiger charge is 2.16. The molecule has 0 aliphatic heterocycles. The number of aliphatic carboxylic acids is 1. The van der Waals surface area contributed by atoms with E-state index in [0.717, 1.165) is 11.3 Å². The van der Waals surface area contributed by atoms with Crippen LogP contribution in [-0.2, 0) is 16.1 Å². The molecule has 6 heteroatoms. The van der Waals surface area contributed by atoms with Crippen LogP contribution >= 0.6 is 0 Å². The number of carbonyl (C=O) groups excluding carboxylic acids is 1. The molecule has 0 aliphatic rings. The largest absolute Gasteiger partial charge is 0.497 e. The van der Waals surface area contributed by atoms with Crippen LogP contribution < -0.4 is 9.64 Å². The number of rotatable bonds is 8. The Hall–Kier alpha value is -3.02. The number of carbonyl (C=O) groups is 2. The summed E-state index contributed by atoms with van der Waals surface area (Å²) in [5, 5.41) is 9.03. The Morgan fingerprint density at radius 2 is 1.84 bits per heavy atom. The Morgan fingerprint density at radius 1 is 1.08 bits per heavy atom. The number of hydrogen-bond donors (Lipinski definition) is 1. The molecular formula is C19H21NO5. The molecule has 0 aromatic heterocycles. The maximum atomic E-state index is 12.0. The molecule has 1 N–H and O–H groups in total. The Morgan fingerprint density at radius 3 is 2.52 bits per heavy atom. The Bertz CT molecular complexity index is 744. The molecule has 0 unspecified atom stereocenters. The zero-order valence-corrected chi connectivity index (χ0v) is 14.3. The molecule has 2 rings (SSSR count). The second kappa shape index (κ2) is 8.73. The van der Waals surface area contributed by atoms with Crippen LogP contribution in [-0.4, -0.2) is 37.8 Å². The molecule has 0 heterocycles. The maximum Gasteiger partial charge on any atom is 0.338 e. The first-order chi connectivity index (χ1) is 12.0. The number of anilines is 1. The molecular weight excluding hydrogens is 322 g/mol. The maximum absolute atomic E-state index is 12.0. The van der Waals surface area contributed by atoms with Crippen LogP contribution in [0.1, 0.15) is 22.3 Å². The zero-order valence-electron chi connectivity index (χ0n) is 14.3. The van der Waals surface area contributed by atoms with Crippen LogP contribution in [0.15, 0.2) is 48.5 Å². The molecule has 0 spiro atoms. The second-order valence-corrected chi connectivity index (χ2v) is 5.42. The summed E-state index contributed by atoms with van der Waals surface area (Å²) in [6, 6.07) is 14.5. The summed E-state index contributed by atoms with van der Waals surface area (Å²) in [4.78, 5) is 24.9. The predicted octanol–water partition coefficient (Wildman–Crippen LogP) is 2.96. The smallest absolute Gasteiger partial charge is 0.338 e. The van der Waals surface area contributed by atoms with Crippen molar-refractivity contribution >= 4 is 17.6 Å². The summed E-state index contributed by atoms with van der Waals surface area (Å²) in [5.41, 5.74) is 2.05. The number of carboxylic acids is 1. The molecule has 0 saturated carbocycles. The normalized spacial score (nSPS) is 10.2. The second-order valence-electron chi connectivity index (χ2n) is 5.42. The van der Waals surface area contributed by atoms with Gasteiger partial charge < -0.3 is 19.5 Å². The van der Waals surface area contributed by atoms with Gasteiger partial charge in [0.25, 0.3) is 0 Å². The van der Waals surface area contributed by atoms with Gasteiger partial charge in [0.2, 0.25) is 0 Å². The van der Waals surface area contributed by atoms with E-state index in [4.69, 9.17) is 14.6 Å². The van der Waals surface area contributed by atoms with Crippen LogP contribution in [0.4, 0.5) is 5.69 Å². The summed E-state index contributed by atoms with van der Waals surface area (Å²) in [7, 11) is 2.91. The van der Waals surface area contributed by atoms with Crippen molar-refractivity contribution in [2.24, 2.45) is 0 Å². The van der Waals surface area contributed by atoms with Crippen molar-refractivity contribution in [3.63, 3.8) is 0 Å². The van der Waals surface area contributed by atoms with Crippen molar-refractivity contribution in [3.05, 3.63) is 59.7 Å². The number of ether oxygens (including phenoxy) is 2. The highest BCUT2D eigenvalue weighted by molar-refractivity contribution is 5.91. The minimum Gasteiger partial charge on any atom is -0.497 e. The average Bonchev–Trinajstić information content (AvgIpc) is 2.64. The van der Waals surface area contributed by atoms with Gasteiger partial charge in [-0.3, -0.25) is 4.79 Å². The number of methoxy groups -OCH3 is 2. The summed E-state index contributed by atoms with van der Waals surface area (Å²) >= 11 is 0. The summed E-state index contributed by atoms with van der Waals surface area (Å²) in [6.45, 7) is 0.684. The molecule has 0 atom stereocenters. The van der Waals surface area contributed by atoms with Crippen LogP contribution in [0.3, 0.4) is 0 Å². The summed E-state index contributed by atoms with van der Waals surface area (Å²) in [5.74, 6) is -0.618. The lowest BCUT2D eigenvalue weighted by molar-refractivity contribution is -0.136. The third kappa shape index (κ3) is 4.97. The lowest BCUT2D eigenvalue weighted by Crippen LogP contribution is -2.26. The predicted molar refractivity (Wildman–Crippen MR) is 94.1 cm³/mol. The average molecular weight is 343 g/mol. The number of esters is 1. The van der Waals surface area contributed by atoms with Crippen molar-refractivity contribution in [3.8, 4) is 5.75 Å². The minimum atomic E-state index is -0.880. The van der Waals surface area contributed by atoms with Crippen LogP contribution in [0, 0.1) is 0 Å². The van der Waals surface area contributed by atoms with E-state index < -0.39 is 11.9 Å². The van der Waals surface area contributed by atoms with Gasteiger partial charge in [-0.25, -0.2) is 4.79 Å².